The normalized spacial score (nSPS) is 10.7. The van der Waals surface area contributed by atoms with E-state index in [4.69, 9.17) is 23.2 Å². The lowest BCUT2D eigenvalue weighted by Crippen LogP contribution is -2.07. The Labute approximate surface area is 158 Å². The van der Waals surface area contributed by atoms with Crippen molar-refractivity contribution in [3.05, 3.63) is 58.1 Å². The number of nitrogens with zero attached hydrogens (tertiary/aromatic N) is 4. The molecule has 9 heteroatoms. The number of hydrogen-bond acceptors (Lipinski definition) is 5. The third-order valence-corrected chi connectivity index (χ3v) is 4.91. The van der Waals surface area contributed by atoms with Crippen LogP contribution in [0.2, 0.25) is 10.0 Å². The minimum Gasteiger partial charge on any atom is -0.326 e. The summed E-state index contributed by atoms with van der Waals surface area (Å²) >= 11 is 13.8. The van der Waals surface area contributed by atoms with E-state index in [9.17, 15) is 4.79 Å². The highest BCUT2D eigenvalue weighted by Gasteiger charge is 2.12. The summed E-state index contributed by atoms with van der Waals surface area (Å²) in [6.07, 6.45) is 0. The van der Waals surface area contributed by atoms with E-state index in [1.165, 1.54) is 18.7 Å². The first-order valence-corrected chi connectivity index (χ1v) is 9.01. The van der Waals surface area contributed by atoms with Crippen molar-refractivity contribution in [2.75, 3.05) is 5.32 Å². The standard InChI is InChI=1S/C16H13Cl2N5OS/c1-10(24)19-11-4-2-5-12(8-11)23-16(20-21-22-23)25-9-13-14(17)6-3-7-15(13)18/h2-8H,9H2,1H3,(H,19,24). The van der Waals surface area contributed by atoms with Crippen LogP contribution in [0.4, 0.5) is 5.69 Å². The molecule has 0 aliphatic rings. The number of benzene rings is 2. The second-order valence-corrected chi connectivity index (χ2v) is 6.85. The summed E-state index contributed by atoms with van der Waals surface area (Å²) in [4.78, 5) is 11.2. The van der Waals surface area contributed by atoms with Crippen molar-refractivity contribution in [1.29, 1.82) is 0 Å². The summed E-state index contributed by atoms with van der Waals surface area (Å²) in [5, 5.41) is 16.3. The van der Waals surface area contributed by atoms with Crippen molar-refractivity contribution in [2.24, 2.45) is 0 Å². The molecule has 25 heavy (non-hydrogen) atoms. The lowest BCUT2D eigenvalue weighted by Gasteiger charge is -2.08. The van der Waals surface area contributed by atoms with Crippen molar-refractivity contribution < 1.29 is 4.79 Å². The van der Waals surface area contributed by atoms with Gasteiger partial charge >= 0.3 is 0 Å². The fourth-order valence-corrected chi connectivity index (χ4v) is 3.79. The van der Waals surface area contributed by atoms with Gasteiger partial charge in [-0.15, -0.1) is 5.10 Å². The van der Waals surface area contributed by atoms with Gasteiger partial charge in [-0.05, 0) is 46.3 Å². The van der Waals surface area contributed by atoms with Gasteiger partial charge < -0.3 is 5.32 Å². The van der Waals surface area contributed by atoms with Crippen LogP contribution in [0, 0.1) is 0 Å². The Balaban J connectivity index is 1.82. The number of anilines is 1. The number of carbonyl (C=O) groups is 1. The highest BCUT2D eigenvalue weighted by molar-refractivity contribution is 7.98. The number of carbonyl (C=O) groups excluding carboxylic acids is 1. The highest BCUT2D eigenvalue weighted by Crippen LogP contribution is 2.31. The first-order chi connectivity index (χ1) is 12.0. The molecule has 6 nitrogen and oxygen atoms in total. The molecule has 1 aromatic heterocycles. The van der Waals surface area contributed by atoms with Crippen molar-refractivity contribution in [2.45, 2.75) is 17.8 Å². The highest BCUT2D eigenvalue weighted by atomic mass is 35.5. The first-order valence-electron chi connectivity index (χ1n) is 7.26. The van der Waals surface area contributed by atoms with Crippen molar-refractivity contribution in [3.8, 4) is 5.69 Å². The fourth-order valence-electron chi connectivity index (χ4n) is 2.16. The van der Waals surface area contributed by atoms with Gasteiger partial charge in [0.15, 0.2) is 0 Å². The van der Waals surface area contributed by atoms with Gasteiger partial charge in [-0.3, -0.25) is 4.79 Å². The quantitative estimate of drug-likeness (QED) is 0.656. The van der Waals surface area contributed by atoms with Crippen LogP contribution in [0.25, 0.3) is 5.69 Å². The Bertz CT molecular complexity index is 895. The van der Waals surface area contributed by atoms with E-state index in [2.05, 4.69) is 20.8 Å². The van der Waals surface area contributed by atoms with E-state index < -0.39 is 0 Å². The smallest absolute Gasteiger partial charge is 0.221 e. The summed E-state index contributed by atoms with van der Waals surface area (Å²) < 4.78 is 1.60. The number of amides is 1. The van der Waals surface area contributed by atoms with Crippen LogP contribution in [-0.4, -0.2) is 26.1 Å². The molecule has 0 aliphatic heterocycles. The molecule has 0 fully saturated rings. The molecule has 128 valence electrons. The number of thioether (sulfide) groups is 1. The average Bonchev–Trinajstić information content (AvgIpc) is 3.02. The molecule has 0 spiro atoms. The van der Waals surface area contributed by atoms with Crippen molar-refractivity contribution in [3.63, 3.8) is 0 Å². The Morgan fingerprint density at radius 3 is 2.64 bits per heavy atom. The predicted molar refractivity (Wildman–Crippen MR) is 99.5 cm³/mol. The van der Waals surface area contributed by atoms with Gasteiger partial charge in [0.05, 0.1) is 5.69 Å². The molecule has 1 heterocycles. The lowest BCUT2D eigenvalue weighted by molar-refractivity contribution is -0.114. The van der Waals surface area contributed by atoms with Crippen LogP contribution in [0.3, 0.4) is 0 Å². The van der Waals surface area contributed by atoms with Gasteiger partial charge in [-0.2, -0.15) is 4.68 Å². The Morgan fingerprint density at radius 2 is 1.92 bits per heavy atom. The van der Waals surface area contributed by atoms with Crippen LogP contribution >= 0.6 is 35.0 Å². The van der Waals surface area contributed by atoms with Crippen LogP contribution < -0.4 is 5.32 Å². The first kappa shape index (κ1) is 17.7. The Kier molecular flexibility index (Phi) is 5.57. The number of tetrazole rings is 1. The molecule has 0 atom stereocenters. The summed E-state index contributed by atoms with van der Waals surface area (Å²) in [5.74, 6) is 0.390. The van der Waals surface area contributed by atoms with E-state index in [0.717, 1.165) is 11.3 Å². The number of hydrogen-bond donors (Lipinski definition) is 1. The molecule has 0 saturated carbocycles. The van der Waals surface area contributed by atoms with Gasteiger partial charge in [-0.25, -0.2) is 0 Å². The van der Waals surface area contributed by atoms with E-state index in [0.29, 0.717) is 26.6 Å². The average molecular weight is 394 g/mol. The number of halogens is 2. The zero-order chi connectivity index (χ0) is 17.8. The maximum absolute atomic E-state index is 11.2. The number of rotatable bonds is 5. The third kappa shape index (κ3) is 4.31. The van der Waals surface area contributed by atoms with Crippen LogP contribution in [0.15, 0.2) is 47.6 Å². The molecule has 3 rings (SSSR count). The summed E-state index contributed by atoms with van der Waals surface area (Å²) in [6, 6.07) is 12.7. The monoisotopic (exact) mass is 393 g/mol. The van der Waals surface area contributed by atoms with E-state index in [1.54, 1.807) is 35.0 Å². The molecule has 0 bridgehead atoms. The number of nitrogens with one attached hydrogen (secondary N) is 1. The van der Waals surface area contributed by atoms with Crippen LogP contribution in [-0.2, 0) is 10.5 Å². The predicted octanol–water partition coefficient (Wildman–Crippen LogP) is 4.22. The lowest BCUT2D eigenvalue weighted by atomic mass is 10.2. The molecule has 3 aromatic rings. The van der Waals surface area contributed by atoms with Crippen LogP contribution in [0.5, 0.6) is 0 Å². The molecular weight excluding hydrogens is 381 g/mol. The molecule has 0 unspecified atom stereocenters. The maximum Gasteiger partial charge on any atom is 0.221 e. The molecule has 0 aliphatic carbocycles. The second-order valence-electron chi connectivity index (χ2n) is 5.09. The van der Waals surface area contributed by atoms with E-state index >= 15 is 0 Å². The minimum absolute atomic E-state index is 0.142. The summed E-state index contributed by atoms with van der Waals surface area (Å²) in [7, 11) is 0. The van der Waals surface area contributed by atoms with E-state index in [-0.39, 0.29) is 5.91 Å². The third-order valence-electron chi connectivity index (χ3n) is 3.26. The summed E-state index contributed by atoms with van der Waals surface area (Å²) in [5.41, 5.74) is 2.24. The Morgan fingerprint density at radius 1 is 1.20 bits per heavy atom. The Hall–Kier alpha value is -2.09. The molecule has 1 N–H and O–H groups in total. The summed E-state index contributed by atoms with van der Waals surface area (Å²) in [6.45, 7) is 1.46. The van der Waals surface area contributed by atoms with Gasteiger partial charge in [-0.1, -0.05) is 47.1 Å². The minimum atomic E-state index is -0.142. The van der Waals surface area contributed by atoms with Gasteiger partial charge in [0.1, 0.15) is 0 Å². The van der Waals surface area contributed by atoms with Crippen molar-refractivity contribution >= 4 is 46.6 Å². The molecular formula is C16H13Cl2N5OS. The molecule has 0 saturated heterocycles. The van der Waals surface area contributed by atoms with Crippen molar-refractivity contribution in [1.82, 2.24) is 20.2 Å². The zero-order valence-electron chi connectivity index (χ0n) is 13.1. The van der Waals surface area contributed by atoms with Gasteiger partial charge in [0.25, 0.3) is 0 Å². The van der Waals surface area contributed by atoms with Gasteiger partial charge in [0.2, 0.25) is 11.1 Å². The SMILES string of the molecule is CC(=O)Nc1cccc(-n2nnnc2SCc2c(Cl)cccc2Cl)c1. The van der Waals surface area contributed by atoms with E-state index in [1.807, 2.05) is 12.1 Å². The fraction of sp³-hybridized carbons (Fsp3) is 0.125. The second kappa shape index (κ2) is 7.86. The molecule has 1 amide bonds. The largest absolute Gasteiger partial charge is 0.326 e. The zero-order valence-corrected chi connectivity index (χ0v) is 15.4. The topological polar surface area (TPSA) is 72.7 Å². The van der Waals surface area contributed by atoms with Crippen LogP contribution in [0.1, 0.15) is 12.5 Å². The van der Waals surface area contributed by atoms with Gasteiger partial charge in [0, 0.05) is 28.4 Å². The maximum atomic E-state index is 11.2. The molecule has 0 radical (unpaired) electrons. The molecule has 2 aromatic carbocycles. The number of aromatic nitrogens is 4.